The monoisotopic (exact) mass is 779 g/mol. The van der Waals surface area contributed by atoms with Crippen molar-refractivity contribution in [3.05, 3.63) is 224 Å². The van der Waals surface area contributed by atoms with Crippen LogP contribution in [0.1, 0.15) is 0 Å². The molecule has 0 unspecified atom stereocenters. The van der Waals surface area contributed by atoms with E-state index in [-0.39, 0.29) is 0 Å². The molecule has 2 aromatic heterocycles. The summed E-state index contributed by atoms with van der Waals surface area (Å²) in [5.41, 5.74) is 15.6. The number of hydrogen-bond donors (Lipinski definition) is 0. The third-order valence-electron chi connectivity index (χ3n) is 12.1. The van der Waals surface area contributed by atoms with Gasteiger partial charge in [-0.1, -0.05) is 176 Å². The zero-order valence-corrected chi connectivity index (χ0v) is 33.1. The van der Waals surface area contributed by atoms with E-state index in [2.05, 4.69) is 223 Å². The Hall–Kier alpha value is -8.14. The number of hydrogen-bond acceptors (Lipinski definition) is 3. The average molecular weight is 780 g/mol. The van der Waals surface area contributed by atoms with Gasteiger partial charge in [-0.05, 0) is 87.1 Å². The molecule has 3 nitrogen and oxygen atoms in total. The lowest BCUT2D eigenvalue weighted by Gasteiger charge is -2.28. The molecule has 0 radical (unpaired) electrons. The molecule has 0 spiro atoms. The van der Waals surface area contributed by atoms with Gasteiger partial charge in [-0.3, -0.25) is 0 Å². The molecule has 3 heteroatoms. The van der Waals surface area contributed by atoms with Crippen molar-refractivity contribution < 1.29 is 8.83 Å². The number of benzene rings is 10. The molecule has 0 aliphatic heterocycles. The number of nitrogens with zero attached hydrogens (tertiary/aromatic N) is 1. The van der Waals surface area contributed by atoms with Gasteiger partial charge in [0.1, 0.15) is 22.3 Å². The summed E-state index contributed by atoms with van der Waals surface area (Å²) in [5, 5.41) is 6.77. The molecule has 0 amide bonds. The van der Waals surface area contributed by atoms with Crippen LogP contribution in [0.3, 0.4) is 0 Å². The second kappa shape index (κ2) is 14.3. The molecule has 0 saturated heterocycles. The van der Waals surface area contributed by atoms with Crippen LogP contribution < -0.4 is 4.90 Å². The predicted molar refractivity (Wildman–Crippen MR) is 255 cm³/mol. The van der Waals surface area contributed by atoms with Gasteiger partial charge in [0.2, 0.25) is 0 Å². The van der Waals surface area contributed by atoms with E-state index in [1.165, 1.54) is 16.5 Å². The Morgan fingerprint density at radius 3 is 1.61 bits per heavy atom. The third-order valence-corrected chi connectivity index (χ3v) is 12.1. The maximum Gasteiger partial charge on any atom is 0.143 e. The summed E-state index contributed by atoms with van der Waals surface area (Å²) < 4.78 is 13.5. The van der Waals surface area contributed by atoms with Crippen LogP contribution in [-0.2, 0) is 0 Å². The first-order valence-electron chi connectivity index (χ1n) is 20.7. The van der Waals surface area contributed by atoms with Gasteiger partial charge < -0.3 is 13.7 Å². The summed E-state index contributed by atoms with van der Waals surface area (Å²) in [4.78, 5) is 2.39. The van der Waals surface area contributed by atoms with Crippen LogP contribution in [0.5, 0.6) is 0 Å². The Balaban J connectivity index is 1.05. The van der Waals surface area contributed by atoms with Gasteiger partial charge in [0, 0.05) is 49.6 Å². The molecule has 12 rings (SSSR count). The van der Waals surface area contributed by atoms with Gasteiger partial charge in [-0.15, -0.1) is 0 Å². The van der Waals surface area contributed by atoms with Crippen LogP contribution in [-0.4, -0.2) is 0 Å². The maximum absolute atomic E-state index is 6.90. The fourth-order valence-corrected chi connectivity index (χ4v) is 9.20. The first-order chi connectivity index (χ1) is 30.2. The molecule has 12 aromatic rings. The van der Waals surface area contributed by atoms with Crippen LogP contribution >= 0.6 is 0 Å². The lowest BCUT2D eigenvalue weighted by molar-refractivity contribution is 0.669. The van der Waals surface area contributed by atoms with E-state index in [1.807, 2.05) is 6.07 Å². The van der Waals surface area contributed by atoms with Crippen molar-refractivity contribution in [3.63, 3.8) is 0 Å². The molecule has 286 valence electrons. The molecule has 0 fully saturated rings. The van der Waals surface area contributed by atoms with Crippen LogP contribution in [0.4, 0.5) is 17.1 Å². The van der Waals surface area contributed by atoms with Crippen LogP contribution in [0, 0.1) is 0 Å². The van der Waals surface area contributed by atoms with E-state index < -0.39 is 0 Å². The standard InChI is InChI=1S/C58H37NO2/c1-3-15-38(16-4-1)39-31-33-44(34-32-39)59(53-29-10-9-23-48(53)49-26-14-30-54-56(49)52-36-41-19-7-8-20-42(41)37-55(52)60-54)45-22-11-21-43(35-45)47-25-13-28-51-50-27-12-24-46(57(50)61-58(47)51)40-17-5-2-6-18-40/h1-37H. The van der Waals surface area contributed by atoms with E-state index >= 15 is 0 Å². The minimum absolute atomic E-state index is 0.868. The summed E-state index contributed by atoms with van der Waals surface area (Å²) in [6.07, 6.45) is 0. The van der Waals surface area contributed by atoms with Crippen LogP contribution in [0.25, 0.3) is 99.2 Å². The molecule has 2 heterocycles. The van der Waals surface area contributed by atoms with Crippen molar-refractivity contribution in [2.24, 2.45) is 0 Å². The minimum atomic E-state index is 0.868. The largest absolute Gasteiger partial charge is 0.456 e. The molecular formula is C58H37NO2. The zero-order valence-electron chi connectivity index (χ0n) is 33.1. The van der Waals surface area contributed by atoms with Crippen LogP contribution in [0.15, 0.2) is 233 Å². The third kappa shape index (κ3) is 5.90. The van der Waals surface area contributed by atoms with Crippen molar-refractivity contribution >= 4 is 71.7 Å². The van der Waals surface area contributed by atoms with Crippen LogP contribution in [0.2, 0.25) is 0 Å². The van der Waals surface area contributed by atoms with Crippen molar-refractivity contribution in [2.75, 3.05) is 4.90 Å². The Labute approximate surface area is 353 Å². The second-order valence-corrected chi connectivity index (χ2v) is 15.6. The first-order valence-corrected chi connectivity index (χ1v) is 20.7. The summed E-state index contributed by atoms with van der Waals surface area (Å²) in [6, 6.07) is 79.8. The van der Waals surface area contributed by atoms with Gasteiger partial charge in [-0.25, -0.2) is 0 Å². The summed E-state index contributed by atoms with van der Waals surface area (Å²) in [6.45, 7) is 0. The number of para-hydroxylation sites is 3. The minimum Gasteiger partial charge on any atom is -0.456 e. The highest BCUT2D eigenvalue weighted by atomic mass is 16.3. The SMILES string of the molecule is c1ccc(-c2ccc(N(c3cccc(-c4cccc5c4oc4c(-c6ccccc6)cccc45)c3)c3ccccc3-c3cccc4oc5cc6ccccc6cc5c34)cc2)cc1. The molecule has 10 aromatic carbocycles. The zero-order chi connectivity index (χ0) is 40.3. The number of anilines is 3. The molecule has 0 atom stereocenters. The Morgan fingerprint density at radius 1 is 0.295 bits per heavy atom. The van der Waals surface area contributed by atoms with E-state index in [1.54, 1.807) is 0 Å². The first kappa shape index (κ1) is 34.9. The highest BCUT2D eigenvalue weighted by molar-refractivity contribution is 6.17. The van der Waals surface area contributed by atoms with Crippen molar-refractivity contribution in [3.8, 4) is 44.5 Å². The summed E-state index contributed by atoms with van der Waals surface area (Å²) >= 11 is 0. The topological polar surface area (TPSA) is 29.5 Å². The number of rotatable bonds is 7. The Kier molecular flexibility index (Phi) is 8.17. The summed E-state index contributed by atoms with van der Waals surface area (Å²) in [5.74, 6) is 0. The molecule has 0 saturated carbocycles. The molecule has 0 aliphatic rings. The summed E-state index contributed by atoms with van der Waals surface area (Å²) in [7, 11) is 0. The van der Waals surface area contributed by atoms with Gasteiger partial charge >= 0.3 is 0 Å². The second-order valence-electron chi connectivity index (χ2n) is 15.6. The van der Waals surface area contributed by atoms with Gasteiger partial charge in [0.15, 0.2) is 0 Å². The van der Waals surface area contributed by atoms with Gasteiger partial charge in [0.25, 0.3) is 0 Å². The van der Waals surface area contributed by atoms with E-state index in [0.717, 1.165) is 99.7 Å². The number of fused-ring (bicyclic) bond motifs is 7. The molecule has 0 bridgehead atoms. The highest BCUT2D eigenvalue weighted by Gasteiger charge is 2.22. The van der Waals surface area contributed by atoms with E-state index in [4.69, 9.17) is 8.83 Å². The predicted octanol–water partition coefficient (Wildman–Crippen LogP) is 16.8. The molecular weight excluding hydrogens is 743 g/mol. The highest BCUT2D eigenvalue weighted by Crippen LogP contribution is 2.47. The Morgan fingerprint density at radius 2 is 0.852 bits per heavy atom. The van der Waals surface area contributed by atoms with Crippen molar-refractivity contribution in [1.82, 2.24) is 0 Å². The van der Waals surface area contributed by atoms with E-state index in [0.29, 0.717) is 0 Å². The fourth-order valence-electron chi connectivity index (χ4n) is 9.20. The van der Waals surface area contributed by atoms with Gasteiger partial charge in [0.05, 0.1) is 5.69 Å². The lowest BCUT2D eigenvalue weighted by atomic mass is 9.95. The fraction of sp³-hybridized carbons (Fsp3) is 0. The number of furan rings is 2. The van der Waals surface area contributed by atoms with Crippen molar-refractivity contribution in [1.29, 1.82) is 0 Å². The smallest absolute Gasteiger partial charge is 0.143 e. The van der Waals surface area contributed by atoms with Gasteiger partial charge in [-0.2, -0.15) is 0 Å². The van der Waals surface area contributed by atoms with E-state index in [9.17, 15) is 0 Å². The quantitative estimate of drug-likeness (QED) is 0.161. The maximum atomic E-state index is 6.90. The molecule has 0 aliphatic carbocycles. The Bertz CT molecular complexity index is 3580. The van der Waals surface area contributed by atoms with Crippen molar-refractivity contribution in [2.45, 2.75) is 0 Å². The molecule has 61 heavy (non-hydrogen) atoms. The molecule has 0 N–H and O–H groups in total. The average Bonchev–Trinajstić information content (AvgIpc) is 3.90. The lowest BCUT2D eigenvalue weighted by Crippen LogP contribution is -2.11. The normalized spacial score (nSPS) is 11.6.